The Labute approximate surface area is 111 Å². The molecule has 2 atom stereocenters. The Bertz CT molecular complexity index is 582. The molecule has 3 heterocycles. The molecule has 5 heteroatoms. The van der Waals surface area contributed by atoms with Crippen molar-refractivity contribution in [1.82, 2.24) is 20.4 Å². The normalized spacial score (nSPS) is 28.9. The second-order valence-corrected chi connectivity index (χ2v) is 5.54. The molecule has 0 bridgehead atoms. The van der Waals surface area contributed by atoms with Crippen LogP contribution in [-0.4, -0.2) is 28.2 Å². The third-order valence-corrected chi connectivity index (χ3v) is 4.51. The molecule has 0 aromatic carbocycles. The number of fused-ring (bicyclic) bond motifs is 1. The first kappa shape index (κ1) is 11.1. The van der Waals surface area contributed by atoms with Gasteiger partial charge in [-0.2, -0.15) is 4.98 Å². The van der Waals surface area contributed by atoms with E-state index in [1.807, 2.05) is 18.2 Å². The maximum atomic E-state index is 5.52. The van der Waals surface area contributed by atoms with E-state index < -0.39 is 0 Å². The summed E-state index contributed by atoms with van der Waals surface area (Å²) in [5.74, 6) is 2.23. The van der Waals surface area contributed by atoms with Crippen molar-refractivity contribution in [2.45, 2.75) is 24.7 Å². The van der Waals surface area contributed by atoms with Gasteiger partial charge in [0.05, 0.1) is 11.8 Å². The summed E-state index contributed by atoms with van der Waals surface area (Å²) in [6.45, 7) is 2.06. The number of nitrogens with zero attached hydrogens (tertiary/aromatic N) is 3. The monoisotopic (exact) mass is 256 g/mol. The van der Waals surface area contributed by atoms with Crippen LogP contribution >= 0.6 is 0 Å². The van der Waals surface area contributed by atoms with E-state index in [-0.39, 0.29) is 5.41 Å². The first-order chi connectivity index (χ1) is 9.37. The molecule has 0 radical (unpaired) electrons. The van der Waals surface area contributed by atoms with Gasteiger partial charge in [0.2, 0.25) is 5.89 Å². The molecule has 1 saturated carbocycles. The van der Waals surface area contributed by atoms with Crippen LogP contribution in [0.4, 0.5) is 0 Å². The molecule has 0 unspecified atom stereocenters. The SMILES string of the molecule is c1ccc(Cc2noc([C@]34CC[C@H]3CNC4)n2)nc1. The van der Waals surface area contributed by atoms with Gasteiger partial charge in [0.1, 0.15) is 0 Å². The number of hydrogen-bond donors (Lipinski definition) is 1. The molecule has 2 aliphatic rings. The van der Waals surface area contributed by atoms with Gasteiger partial charge in [0, 0.05) is 18.4 Å². The van der Waals surface area contributed by atoms with Crippen molar-refractivity contribution in [2.24, 2.45) is 5.92 Å². The third kappa shape index (κ3) is 1.69. The highest BCUT2D eigenvalue weighted by Crippen LogP contribution is 2.50. The lowest BCUT2D eigenvalue weighted by molar-refractivity contribution is 0.131. The average Bonchev–Trinajstić information content (AvgIpc) is 2.97. The molecule has 5 nitrogen and oxygen atoms in total. The molecule has 0 spiro atoms. The maximum absolute atomic E-state index is 5.52. The van der Waals surface area contributed by atoms with Crippen LogP contribution in [0.1, 0.15) is 30.3 Å². The van der Waals surface area contributed by atoms with Crippen molar-refractivity contribution in [3.63, 3.8) is 0 Å². The Morgan fingerprint density at radius 1 is 1.42 bits per heavy atom. The lowest BCUT2D eigenvalue weighted by atomic mass is 9.62. The summed E-state index contributed by atoms with van der Waals surface area (Å²) in [7, 11) is 0. The van der Waals surface area contributed by atoms with Crippen LogP contribution in [0.5, 0.6) is 0 Å². The number of nitrogens with one attached hydrogen (secondary N) is 1. The van der Waals surface area contributed by atoms with Crippen LogP contribution in [0.3, 0.4) is 0 Å². The van der Waals surface area contributed by atoms with E-state index in [4.69, 9.17) is 4.52 Å². The quantitative estimate of drug-likeness (QED) is 0.897. The standard InChI is InChI=1S/C14H16N4O/c1-2-6-16-11(3-1)7-12-17-13(19-18-12)14-5-4-10(14)8-15-9-14/h1-3,6,10,15H,4-5,7-9H2/t10-,14-/m0/s1. The minimum absolute atomic E-state index is 0.120. The molecule has 1 aliphatic carbocycles. The third-order valence-electron chi connectivity index (χ3n) is 4.51. The molecular formula is C14H16N4O. The van der Waals surface area contributed by atoms with Gasteiger partial charge in [-0.1, -0.05) is 11.2 Å². The van der Waals surface area contributed by atoms with Gasteiger partial charge >= 0.3 is 0 Å². The molecule has 98 valence electrons. The minimum Gasteiger partial charge on any atom is -0.339 e. The predicted molar refractivity (Wildman–Crippen MR) is 68.6 cm³/mol. The van der Waals surface area contributed by atoms with Gasteiger partial charge in [-0.25, -0.2) is 0 Å². The number of rotatable bonds is 3. The summed E-state index contributed by atoms with van der Waals surface area (Å²) in [6.07, 6.45) is 4.86. The lowest BCUT2D eigenvalue weighted by Crippen LogP contribution is -2.44. The van der Waals surface area contributed by atoms with Gasteiger partial charge in [0.15, 0.2) is 5.82 Å². The summed E-state index contributed by atoms with van der Waals surface area (Å²) in [4.78, 5) is 8.90. The Kier molecular flexibility index (Phi) is 2.41. The summed E-state index contributed by atoms with van der Waals surface area (Å²) in [5, 5.41) is 7.56. The molecule has 2 aromatic heterocycles. The summed E-state index contributed by atoms with van der Waals surface area (Å²) in [6, 6.07) is 5.87. The zero-order valence-corrected chi connectivity index (χ0v) is 10.7. The molecule has 19 heavy (non-hydrogen) atoms. The Hall–Kier alpha value is -1.75. The summed E-state index contributed by atoms with van der Waals surface area (Å²) < 4.78 is 5.52. The van der Waals surface area contributed by atoms with Crippen molar-refractivity contribution in [3.05, 3.63) is 41.8 Å². The Morgan fingerprint density at radius 2 is 2.42 bits per heavy atom. The second-order valence-electron chi connectivity index (χ2n) is 5.54. The van der Waals surface area contributed by atoms with Crippen molar-refractivity contribution < 1.29 is 4.52 Å². The van der Waals surface area contributed by atoms with E-state index in [1.165, 1.54) is 6.42 Å². The van der Waals surface area contributed by atoms with Gasteiger partial charge in [-0.3, -0.25) is 4.98 Å². The zero-order valence-electron chi connectivity index (χ0n) is 10.7. The van der Waals surface area contributed by atoms with Gasteiger partial charge in [-0.05, 0) is 37.4 Å². The van der Waals surface area contributed by atoms with Crippen molar-refractivity contribution in [1.29, 1.82) is 0 Å². The largest absolute Gasteiger partial charge is 0.339 e. The molecule has 1 aliphatic heterocycles. The highest BCUT2D eigenvalue weighted by Gasteiger charge is 2.54. The molecule has 4 rings (SSSR count). The van der Waals surface area contributed by atoms with Crippen LogP contribution in [0.15, 0.2) is 28.9 Å². The van der Waals surface area contributed by atoms with Crippen LogP contribution in [0, 0.1) is 5.92 Å². The minimum atomic E-state index is 0.120. The van der Waals surface area contributed by atoms with E-state index in [2.05, 4.69) is 20.4 Å². The average molecular weight is 256 g/mol. The van der Waals surface area contributed by atoms with Crippen LogP contribution < -0.4 is 5.32 Å². The van der Waals surface area contributed by atoms with Crippen molar-refractivity contribution in [2.75, 3.05) is 13.1 Å². The first-order valence-corrected chi connectivity index (χ1v) is 6.80. The van der Waals surface area contributed by atoms with Crippen molar-refractivity contribution >= 4 is 0 Å². The Balaban J connectivity index is 1.57. The van der Waals surface area contributed by atoms with E-state index >= 15 is 0 Å². The van der Waals surface area contributed by atoms with Gasteiger partial charge < -0.3 is 9.84 Å². The van der Waals surface area contributed by atoms with Gasteiger partial charge in [0.25, 0.3) is 0 Å². The van der Waals surface area contributed by atoms with E-state index in [1.54, 1.807) is 6.20 Å². The first-order valence-electron chi connectivity index (χ1n) is 6.80. The summed E-state index contributed by atoms with van der Waals surface area (Å²) in [5.41, 5.74) is 1.09. The Morgan fingerprint density at radius 3 is 3.16 bits per heavy atom. The molecular weight excluding hydrogens is 240 g/mol. The lowest BCUT2D eigenvalue weighted by Gasteiger charge is -2.40. The van der Waals surface area contributed by atoms with E-state index in [9.17, 15) is 0 Å². The molecule has 2 aromatic rings. The molecule has 1 saturated heterocycles. The molecule has 2 fully saturated rings. The smallest absolute Gasteiger partial charge is 0.234 e. The topological polar surface area (TPSA) is 63.8 Å². The van der Waals surface area contributed by atoms with Crippen molar-refractivity contribution in [3.8, 4) is 0 Å². The van der Waals surface area contributed by atoms with E-state index in [0.29, 0.717) is 12.3 Å². The highest BCUT2D eigenvalue weighted by atomic mass is 16.5. The molecule has 1 N–H and O–H groups in total. The predicted octanol–water partition coefficient (Wildman–Crippen LogP) is 1.31. The fraction of sp³-hybridized carbons (Fsp3) is 0.500. The number of hydrogen-bond acceptors (Lipinski definition) is 5. The number of pyridine rings is 1. The number of aromatic nitrogens is 3. The highest BCUT2D eigenvalue weighted by molar-refractivity contribution is 5.20. The zero-order chi connectivity index (χ0) is 12.7. The van der Waals surface area contributed by atoms with Crippen LogP contribution in [0.2, 0.25) is 0 Å². The molecule has 0 amide bonds. The van der Waals surface area contributed by atoms with Crippen LogP contribution in [0.25, 0.3) is 0 Å². The maximum Gasteiger partial charge on any atom is 0.234 e. The summed E-state index contributed by atoms with van der Waals surface area (Å²) >= 11 is 0. The second kappa shape index (κ2) is 4.13. The van der Waals surface area contributed by atoms with E-state index in [0.717, 1.165) is 36.9 Å². The van der Waals surface area contributed by atoms with Gasteiger partial charge in [-0.15, -0.1) is 0 Å². The fourth-order valence-electron chi connectivity index (χ4n) is 3.25. The fourth-order valence-corrected chi connectivity index (χ4v) is 3.25. The van der Waals surface area contributed by atoms with Crippen LogP contribution in [-0.2, 0) is 11.8 Å².